The normalized spacial score (nSPS) is 13.0. The number of aromatic hydroxyl groups is 1. The van der Waals surface area contributed by atoms with Crippen molar-refractivity contribution in [2.45, 2.75) is 24.2 Å². The van der Waals surface area contributed by atoms with E-state index in [1.165, 1.54) is 18.2 Å². The molecule has 0 saturated heterocycles. The molecule has 0 bridgehead atoms. The molecule has 0 amide bonds. The SMILES string of the molecule is O=[N+]([O-])c1cc(Br)cc(C=Nc2ccccc2OCC(F)(F)C(F)(F)C(F)(F)C(F)F)c1O. The van der Waals surface area contributed by atoms with E-state index in [0.29, 0.717) is 0 Å². The first kappa shape index (κ1) is 26.3. The first-order valence-corrected chi connectivity index (χ1v) is 9.25. The predicted molar refractivity (Wildman–Crippen MR) is 102 cm³/mol. The lowest BCUT2D eigenvalue weighted by atomic mass is 10.1. The van der Waals surface area contributed by atoms with Gasteiger partial charge in [-0.25, -0.2) is 8.78 Å². The molecule has 15 heteroatoms. The topological polar surface area (TPSA) is 85.0 Å². The molecule has 33 heavy (non-hydrogen) atoms. The molecule has 0 unspecified atom stereocenters. The maximum absolute atomic E-state index is 13.7. The van der Waals surface area contributed by atoms with Crippen molar-refractivity contribution in [3.63, 3.8) is 0 Å². The Bertz CT molecular complexity index is 1070. The van der Waals surface area contributed by atoms with Crippen LogP contribution in [-0.4, -0.2) is 47.0 Å². The second-order valence-corrected chi connectivity index (χ2v) is 7.25. The molecule has 0 aliphatic rings. The van der Waals surface area contributed by atoms with E-state index in [1.807, 2.05) is 0 Å². The van der Waals surface area contributed by atoms with Crippen LogP contribution in [0.15, 0.2) is 45.9 Å². The fourth-order valence-electron chi connectivity index (χ4n) is 2.31. The molecular formula is C18H11BrF8N2O4. The van der Waals surface area contributed by atoms with Crippen molar-refractivity contribution in [3.8, 4) is 11.5 Å². The number of aliphatic imine (C=N–C) groups is 1. The molecule has 0 fully saturated rings. The van der Waals surface area contributed by atoms with Gasteiger partial charge in [-0.2, -0.15) is 26.3 Å². The van der Waals surface area contributed by atoms with Crippen molar-refractivity contribution in [2.75, 3.05) is 6.61 Å². The highest BCUT2D eigenvalue weighted by Gasteiger charge is 2.75. The van der Waals surface area contributed by atoms with Gasteiger partial charge in [0.2, 0.25) is 5.75 Å². The molecule has 0 spiro atoms. The van der Waals surface area contributed by atoms with Gasteiger partial charge in [0.1, 0.15) is 11.4 Å². The highest BCUT2D eigenvalue weighted by molar-refractivity contribution is 9.10. The Morgan fingerprint density at radius 1 is 1.15 bits per heavy atom. The summed E-state index contributed by atoms with van der Waals surface area (Å²) in [6, 6.07) is 6.71. The van der Waals surface area contributed by atoms with Gasteiger partial charge in [0.15, 0.2) is 6.61 Å². The minimum Gasteiger partial charge on any atom is -0.502 e. The smallest absolute Gasteiger partial charge is 0.381 e. The van der Waals surface area contributed by atoms with E-state index in [9.17, 15) is 50.3 Å². The molecule has 0 aliphatic carbocycles. The van der Waals surface area contributed by atoms with Gasteiger partial charge in [0, 0.05) is 22.3 Å². The largest absolute Gasteiger partial charge is 0.502 e. The number of para-hydroxylation sites is 2. The minimum absolute atomic E-state index is 0.166. The molecule has 0 heterocycles. The maximum atomic E-state index is 13.7. The van der Waals surface area contributed by atoms with E-state index in [1.54, 1.807) is 0 Å². The highest BCUT2D eigenvalue weighted by atomic mass is 79.9. The van der Waals surface area contributed by atoms with Crippen molar-refractivity contribution in [1.29, 1.82) is 0 Å². The summed E-state index contributed by atoms with van der Waals surface area (Å²) < 4.78 is 109. The van der Waals surface area contributed by atoms with Crippen molar-refractivity contribution < 1.29 is 49.9 Å². The number of benzene rings is 2. The molecule has 2 aromatic rings. The summed E-state index contributed by atoms with van der Waals surface area (Å²) in [5.74, 6) is -19.9. The van der Waals surface area contributed by atoms with Crippen LogP contribution in [0.3, 0.4) is 0 Å². The second kappa shape index (κ2) is 9.49. The number of halogens is 9. The van der Waals surface area contributed by atoms with Crippen LogP contribution in [0, 0.1) is 10.1 Å². The summed E-state index contributed by atoms with van der Waals surface area (Å²) in [7, 11) is 0. The van der Waals surface area contributed by atoms with Crippen LogP contribution in [0.25, 0.3) is 0 Å². The molecule has 2 aromatic carbocycles. The van der Waals surface area contributed by atoms with Gasteiger partial charge in [-0.3, -0.25) is 15.1 Å². The van der Waals surface area contributed by atoms with Crippen LogP contribution in [0.1, 0.15) is 5.56 Å². The van der Waals surface area contributed by atoms with Crippen molar-refractivity contribution in [2.24, 2.45) is 4.99 Å². The van der Waals surface area contributed by atoms with Gasteiger partial charge in [-0.15, -0.1) is 0 Å². The Morgan fingerprint density at radius 2 is 1.76 bits per heavy atom. The monoisotopic (exact) mass is 550 g/mol. The van der Waals surface area contributed by atoms with Gasteiger partial charge < -0.3 is 9.84 Å². The summed E-state index contributed by atoms with van der Waals surface area (Å²) in [5.41, 5.74) is -1.24. The Morgan fingerprint density at radius 3 is 2.33 bits per heavy atom. The Balaban J connectivity index is 2.32. The first-order valence-electron chi connectivity index (χ1n) is 8.46. The van der Waals surface area contributed by atoms with Crippen LogP contribution >= 0.6 is 15.9 Å². The van der Waals surface area contributed by atoms with Crippen molar-refractivity contribution in [3.05, 3.63) is 56.5 Å². The van der Waals surface area contributed by atoms with Gasteiger partial charge >= 0.3 is 29.9 Å². The Hall–Kier alpha value is -2.97. The Kier molecular flexibility index (Phi) is 7.56. The molecule has 0 atom stereocenters. The number of nitro benzene ring substituents is 1. The molecule has 1 N–H and O–H groups in total. The lowest BCUT2D eigenvalue weighted by Crippen LogP contribution is -2.59. The van der Waals surface area contributed by atoms with Crippen LogP contribution in [0.5, 0.6) is 11.5 Å². The third kappa shape index (κ3) is 5.34. The number of phenols is 1. The third-order valence-corrected chi connectivity index (χ3v) is 4.51. The molecule has 0 aromatic heterocycles. The van der Waals surface area contributed by atoms with Gasteiger partial charge in [-0.05, 0) is 18.2 Å². The van der Waals surface area contributed by atoms with E-state index < -0.39 is 52.9 Å². The van der Waals surface area contributed by atoms with E-state index in [-0.39, 0.29) is 15.7 Å². The van der Waals surface area contributed by atoms with Crippen LogP contribution in [-0.2, 0) is 0 Å². The fraction of sp³-hybridized carbons (Fsp3) is 0.278. The van der Waals surface area contributed by atoms with E-state index in [4.69, 9.17) is 0 Å². The molecule has 2 rings (SSSR count). The molecule has 0 saturated carbocycles. The first-order chi connectivity index (χ1) is 15.1. The molecular weight excluding hydrogens is 540 g/mol. The van der Waals surface area contributed by atoms with Crippen LogP contribution < -0.4 is 4.74 Å². The highest BCUT2D eigenvalue weighted by Crippen LogP contribution is 2.48. The average molecular weight is 551 g/mol. The average Bonchev–Trinajstić information content (AvgIpc) is 2.72. The zero-order valence-electron chi connectivity index (χ0n) is 15.8. The van der Waals surface area contributed by atoms with E-state index in [0.717, 1.165) is 24.4 Å². The maximum Gasteiger partial charge on any atom is 0.381 e. The fourth-order valence-corrected chi connectivity index (χ4v) is 2.77. The van der Waals surface area contributed by atoms with Gasteiger partial charge in [-0.1, -0.05) is 28.1 Å². The number of nitrogens with zero attached hydrogens (tertiary/aromatic N) is 2. The number of hydrogen-bond donors (Lipinski definition) is 1. The number of nitro groups is 1. The van der Waals surface area contributed by atoms with E-state index in [2.05, 4.69) is 25.7 Å². The van der Waals surface area contributed by atoms with Crippen LogP contribution in [0.4, 0.5) is 46.5 Å². The van der Waals surface area contributed by atoms with Crippen LogP contribution in [0.2, 0.25) is 0 Å². The van der Waals surface area contributed by atoms with Gasteiger partial charge in [0.25, 0.3) is 0 Å². The van der Waals surface area contributed by atoms with Gasteiger partial charge in [0.05, 0.1) is 4.92 Å². The number of phenolic OH excluding ortho intramolecular Hbond substituents is 1. The summed E-state index contributed by atoms with van der Waals surface area (Å²) in [6.45, 7) is -2.40. The number of hydrogen-bond acceptors (Lipinski definition) is 5. The summed E-state index contributed by atoms with van der Waals surface area (Å²) in [4.78, 5) is 13.8. The third-order valence-electron chi connectivity index (χ3n) is 4.05. The van der Waals surface area contributed by atoms with Crippen molar-refractivity contribution in [1.82, 2.24) is 0 Å². The lowest BCUT2D eigenvalue weighted by molar-refractivity contribution is -0.385. The molecule has 0 aliphatic heterocycles. The number of ether oxygens (including phenoxy) is 1. The zero-order valence-corrected chi connectivity index (χ0v) is 17.4. The summed E-state index contributed by atoms with van der Waals surface area (Å²) in [5, 5.41) is 20.9. The lowest BCUT2D eigenvalue weighted by Gasteiger charge is -2.32. The van der Waals surface area contributed by atoms with Crippen molar-refractivity contribution >= 4 is 33.5 Å². The number of rotatable bonds is 9. The zero-order chi connectivity index (χ0) is 25.2. The minimum atomic E-state index is -6.44. The Labute approximate surface area is 187 Å². The molecule has 0 radical (unpaired) electrons. The predicted octanol–water partition coefficient (Wildman–Crippen LogP) is 6.36. The summed E-state index contributed by atoms with van der Waals surface area (Å²) in [6.07, 6.45) is -4.20. The molecule has 180 valence electrons. The number of alkyl halides is 8. The van der Waals surface area contributed by atoms with E-state index >= 15 is 0 Å². The standard InChI is InChI=1S/C18H11BrF8N2O4/c19-10-5-9(14(30)12(6-10)29(31)32)7-28-11-3-1-2-4-13(11)33-8-16(22,23)18(26,27)17(24,25)15(20)21/h1-7,15,30H,8H2. The molecule has 6 nitrogen and oxygen atoms in total. The summed E-state index contributed by atoms with van der Waals surface area (Å²) >= 11 is 2.98. The second-order valence-electron chi connectivity index (χ2n) is 6.34. The quantitative estimate of drug-likeness (QED) is 0.170.